The number of nitrogens with one attached hydrogen (secondary N) is 1. The van der Waals surface area contributed by atoms with Crippen molar-refractivity contribution >= 4 is 5.91 Å². The fourth-order valence-corrected chi connectivity index (χ4v) is 2.54. The summed E-state index contributed by atoms with van der Waals surface area (Å²) >= 11 is 0. The van der Waals surface area contributed by atoms with Crippen molar-refractivity contribution in [3.63, 3.8) is 0 Å². The smallest absolute Gasteiger partial charge is 0.245 e. The van der Waals surface area contributed by atoms with Crippen LogP contribution >= 0.6 is 0 Å². The first-order chi connectivity index (χ1) is 13.2. The third-order valence-corrected chi connectivity index (χ3v) is 4.13. The lowest BCUT2D eigenvalue weighted by molar-refractivity contribution is -0.124. The molecule has 0 fully saturated rings. The number of amides is 1. The highest BCUT2D eigenvalue weighted by molar-refractivity contribution is 5.77. The Morgan fingerprint density at radius 2 is 1.56 bits per heavy atom. The van der Waals surface area contributed by atoms with Gasteiger partial charge in [0, 0.05) is 15.1 Å². The molecule has 1 amide bonds. The molecule has 156 valence electrons. The standard InChI is InChI=1S/C24H41NO2.H2/c1-4-5-6-13-16-19-23(2)20-17-14-11-9-7-8-10-12-15-18-21-25-24(26)22-27-3;/h8-11,16-17,19-20,23H,4-7,12-15,18,21-22H2,1-3H3,(H,25,26);1H/b10-8-,11-9-,19-16-,20-17-;/t23-;/m0./s1. The molecular formula is C24H43NO2. The van der Waals surface area contributed by atoms with E-state index in [0.717, 1.165) is 38.6 Å². The number of carbonyl (C=O) groups excluding carboxylic acids is 1. The molecule has 0 aromatic rings. The van der Waals surface area contributed by atoms with Gasteiger partial charge in [-0.05, 0) is 50.9 Å². The van der Waals surface area contributed by atoms with Crippen LogP contribution in [0.25, 0.3) is 0 Å². The number of hydrogen-bond acceptors (Lipinski definition) is 2. The minimum absolute atomic E-state index is 0. The van der Waals surface area contributed by atoms with Gasteiger partial charge in [0.1, 0.15) is 6.61 Å². The SMILES string of the molecule is CCCCC/C=C\[C@H](C)/C=C\C/C=C\C/C=C\CCCCNC(=O)COC.[HH]. The zero-order chi connectivity index (χ0) is 20.0. The maximum absolute atomic E-state index is 11.2. The third kappa shape index (κ3) is 20.6. The Labute approximate surface area is 169 Å². The minimum atomic E-state index is -0.0374. The zero-order valence-electron chi connectivity index (χ0n) is 17.8. The first-order valence-electron chi connectivity index (χ1n) is 10.6. The predicted octanol–water partition coefficient (Wildman–Crippen LogP) is 6.39. The number of rotatable bonds is 17. The van der Waals surface area contributed by atoms with Gasteiger partial charge in [-0.1, -0.05) is 75.3 Å². The van der Waals surface area contributed by atoms with E-state index in [4.69, 9.17) is 4.74 Å². The third-order valence-electron chi connectivity index (χ3n) is 4.13. The van der Waals surface area contributed by atoms with Crippen LogP contribution in [0.4, 0.5) is 0 Å². The molecule has 0 aromatic heterocycles. The van der Waals surface area contributed by atoms with Crippen LogP contribution in [0.5, 0.6) is 0 Å². The van der Waals surface area contributed by atoms with Crippen molar-refractivity contribution in [1.82, 2.24) is 5.32 Å². The van der Waals surface area contributed by atoms with Crippen molar-refractivity contribution in [2.45, 2.75) is 71.6 Å². The number of allylic oxidation sites excluding steroid dienone is 8. The van der Waals surface area contributed by atoms with E-state index in [1.54, 1.807) is 0 Å². The molecule has 0 heterocycles. The van der Waals surface area contributed by atoms with Gasteiger partial charge in [0.2, 0.25) is 5.91 Å². The van der Waals surface area contributed by atoms with Crippen LogP contribution in [0.2, 0.25) is 0 Å². The highest BCUT2D eigenvalue weighted by Gasteiger charge is 1.97. The van der Waals surface area contributed by atoms with E-state index in [1.165, 1.54) is 32.8 Å². The summed E-state index contributed by atoms with van der Waals surface area (Å²) < 4.78 is 4.76. The Kier molecular flexibility index (Phi) is 19.5. The average Bonchev–Trinajstić information content (AvgIpc) is 2.65. The quantitative estimate of drug-likeness (QED) is 0.236. The fraction of sp³-hybridized carbons (Fsp3) is 0.625. The van der Waals surface area contributed by atoms with Crippen LogP contribution in [-0.4, -0.2) is 26.2 Å². The van der Waals surface area contributed by atoms with Crippen molar-refractivity contribution in [3.05, 3.63) is 48.6 Å². The number of unbranched alkanes of at least 4 members (excludes halogenated alkanes) is 5. The molecule has 0 spiro atoms. The summed E-state index contributed by atoms with van der Waals surface area (Å²) in [6.07, 6.45) is 28.3. The van der Waals surface area contributed by atoms with Gasteiger partial charge in [-0.2, -0.15) is 0 Å². The maximum atomic E-state index is 11.2. The highest BCUT2D eigenvalue weighted by atomic mass is 16.5. The molecule has 0 saturated heterocycles. The second kappa shape index (κ2) is 20.7. The van der Waals surface area contributed by atoms with Gasteiger partial charge in [0.15, 0.2) is 0 Å². The monoisotopic (exact) mass is 377 g/mol. The lowest BCUT2D eigenvalue weighted by atomic mass is 10.1. The predicted molar refractivity (Wildman–Crippen MR) is 120 cm³/mol. The average molecular weight is 378 g/mol. The summed E-state index contributed by atoms with van der Waals surface area (Å²) in [6.45, 7) is 5.36. The minimum Gasteiger partial charge on any atom is -0.375 e. The Bertz CT molecular complexity index is 456. The second-order valence-corrected chi connectivity index (χ2v) is 6.90. The lowest BCUT2D eigenvalue weighted by Gasteiger charge is -2.02. The van der Waals surface area contributed by atoms with Crippen LogP contribution in [0, 0.1) is 5.92 Å². The highest BCUT2D eigenvalue weighted by Crippen LogP contribution is 2.05. The van der Waals surface area contributed by atoms with Gasteiger partial charge in [0.25, 0.3) is 0 Å². The Morgan fingerprint density at radius 1 is 0.926 bits per heavy atom. The van der Waals surface area contributed by atoms with Crippen LogP contribution < -0.4 is 5.32 Å². The van der Waals surface area contributed by atoms with Crippen molar-refractivity contribution in [3.8, 4) is 0 Å². The molecule has 27 heavy (non-hydrogen) atoms. The van der Waals surface area contributed by atoms with Gasteiger partial charge in [0.05, 0.1) is 0 Å². The number of hydrogen-bond donors (Lipinski definition) is 1. The van der Waals surface area contributed by atoms with E-state index in [2.05, 4.69) is 67.8 Å². The fourth-order valence-electron chi connectivity index (χ4n) is 2.54. The molecule has 0 aliphatic rings. The van der Waals surface area contributed by atoms with Crippen molar-refractivity contribution in [1.29, 1.82) is 0 Å². The van der Waals surface area contributed by atoms with Crippen LogP contribution in [0.3, 0.4) is 0 Å². The molecule has 0 rings (SSSR count). The lowest BCUT2D eigenvalue weighted by Crippen LogP contribution is -2.27. The van der Waals surface area contributed by atoms with E-state index in [-0.39, 0.29) is 13.9 Å². The molecule has 0 bridgehead atoms. The van der Waals surface area contributed by atoms with Gasteiger partial charge in [-0.3, -0.25) is 4.79 Å². The van der Waals surface area contributed by atoms with Crippen molar-refractivity contribution < 1.29 is 11.0 Å². The van der Waals surface area contributed by atoms with Crippen LogP contribution in [0.15, 0.2) is 48.6 Å². The summed E-state index contributed by atoms with van der Waals surface area (Å²) in [5.74, 6) is 0.490. The Morgan fingerprint density at radius 3 is 2.30 bits per heavy atom. The summed E-state index contributed by atoms with van der Waals surface area (Å²) in [6, 6.07) is 0. The van der Waals surface area contributed by atoms with E-state index < -0.39 is 0 Å². The van der Waals surface area contributed by atoms with E-state index in [0.29, 0.717) is 5.92 Å². The zero-order valence-corrected chi connectivity index (χ0v) is 17.8. The van der Waals surface area contributed by atoms with E-state index in [9.17, 15) is 4.79 Å². The van der Waals surface area contributed by atoms with Gasteiger partial charge < -0.3 is 10.1 Å². The Hall–Kier alpha value is -1.61. The molecule has 0 saturated carbocycles. The van der Waals surface area contributed by atoms with Gasteiger partial charge in [-0.15, -0.1) is 0 Å². The summed E-state index contributed by atoms with van der Waals surface area (Å²) in [4.78, 5) is 11.2. The second-order valence-electron chi connectivity index (χ2n) is 6.90. The number of methoxy groups -OCH3 is 1. The first-order valence-corrected chi connectivity index (χ1v) is 10.6. The molecule has 3 nitrogen and oxygen atoms in total. The largest absolute Gasteiger partial charge is 0.375 e. The molecular weight excluding hydrogens is 334 g/mol. The van der Waals surface area contributed by atoms with Crippen LogP contribution in [-0.2, 0) is 9.53 Å². The molecule has 0 aliphatic carbocycles. The van der Waals surface area contributed by atoms with Crippen LogP contribution in [0.1, 0.15) is 73.1 Å². The topological polar surface area (TPSA) is 38.3 Å². The number of carbonyl (C=O) groups is 1. The van der Waals surface area contributed by atoms with E-state index >= 15 is 0 Å². The normalized spacial score (nSPS) is 13.4. The molecule has 1 atom stereocenters. The maximum Gasteiger partial charge on any atom is 0.245 e. The molecule has 0 unspecified atom stereocenters. The number of ether oxygens (including phenoxy) is 1. The summed E-state index contributed by atoms with van der Waals surface area (Å²) in [5.41, 5.74) is 0. The van der Waals surface area contributed by atoms with Gasteiger partial charge in [-0.25, -0.2) is 0 Å². The molecule has 3 heteroatoms. The molecule has 0 aliphatic heterocycles. The summed E-state index contributed by atoms with van der Waals surface area (Å²) in [5, 5.41) is 2.83. The Balaban J connectivity index is 0. The van der Waals surface area contributed by atoms with Crippen molar-refractivity contribution in [2.75, 3.05) is 20.3 Å². The molecule has 1 N–H and O–H groups in total. The summed E-state index contributed by atoms with van der Waals surface area (Å²) in [7, 11) is 1.53. The first kappa shape index (κ1) is 25.4. The van der Waals surface area contributed by atoms with Gasteiger partial charge >= 0.3 is 0 Å². The van der Waals surface area contributed by atoms with E-state index in [1.807, 2.05) is 0 Å². The van der Waals surface area contributed by atoms with Crippen molar-refractivity contribution in [2.24, 2.45) is 5.92 Å². The molecule has 0 radical (unpaired) electrons. The molecule has 0 aromatic carbocycles.